The van der Waals surface area contributed by atoms with Crippen molar-refractivity contribution in [2.75, 3.05) is 0 Å². The highest BCUT2D eigenvalue weighted by molar-refractivity contribution is 6.08. The molecule has 0 saturated carbocycles. The lowest BCUT2D eigenvalue weighted by Crippen LogP contribution is -1.87. The van der Waals surface area contributed by atoms with E-state index in [1.807, 2.05) is 0 Å². The Hall–Kier alpha value is 0.0649. The lowest BCUT2D eigenvalue weighted by atomic mass is 9.98. The van der Waals surface area contributed by atoms with E-state index in [2.05, 4.69) is 13.8 Å². The van der Waals surface area contributed by atoms with Gasteiger partial charge in [0.15, 0.2) is 0 Å². The van der Waals surface area contributed by atoms with Crippen LogP contribution in [-0.4, -0.2) is 7.85 Å². The summed E-state index contributed by atoms with van der Waals surface area (Å²) >= 11 is 0. The van der Waals surface area contributed by atoms with Crippen molar-refractivity contribution >= 4 is 7.85 Å². The fourth-order valence-corrected chi connectivity index (χ4v) is 1.58. The minimum Gasteiger partial charge on any atom is -0.0887 e. The summed E-state index contributed by atoms with van der Waals surface area (Å²) in [5.74, 6) is 0.886. The molecule has 0 spiro atoms. The molecule has 0 aromatic heterocycles. The van der Waals surface area contributed by atoms with E-state index in [1.54, 1.807) is 0 Å². The Bertz CT molecular complexity index is 89.1. The Labute approximate surface area is 85.9 Å². The summed E-state index contributed by atoms with van der Waals surface area (Å²) in [5, 5.41) is 0. The van der Waals surface area contributed by atoms with Crippen molar-refractivity contribution in [1.29, 1.82) is 0 Å². The molecule has 0 bridgehead atoms. The zero-order valence-corrected chi connectivity index (χ0v) is 9.52. The van der Waals surface area contributed by atoms with Gasteiger partial charge in [-0.05, 0) is 5.92 Å². The highest BCUT2D eigenvalue weighted by Gasteiger charge is 1.94. The molecule has 76 valence electrons. The molecule has 0 rings (SSSR count). The zero-order chi connectivity index (χ0) is 9.94. The van der Waals surface area contributed by atoms with Crippen LogP contribution in [-0.2, 0) is 0 Å². The average Bonchev–Trinajstić information content (AvgIpc) is 2.09. The molecule has 0 atom stereocenters. The van der Waals surface area contributed by atoms with Crippen molar-refractivity contribution in [2.45, 2.75) is 71.5 Å². The molecule has 13 heavy (non-hydrogen) atoms. The minimum absolute atomic E-state index is 0.868. The summed E-state index contributed by atoms with van der Waals surface area (Å²) in [4.78, 5) is 0. The Morgan fingerprint density at radius 1 is 0.769 bits per heavy atom. The summed E-state index contributed by atoms with van der Waals surface area (Å²) in [6, 6.07) is 0. The van der Waals surface area contributed by atoms with Gasteiger partial charge in [-0.1, -0.05) is 71.5 Å². The third-order valence-electron chi connectivity index (χ3n) is 2.49. The molecule has 0 unspecified atom stereocenters. The van der Waals surface area contributed by atoms with Crippen LogP contribution in [0.15, 0.2) is 0 Å². The Morgan fingerprint density at radius 3 is 1.69 bits per heavy atom. The van der Waals surface area contributed by atoms with Gasteiger partial charge in [-0.2, -0.15) is 0 Å². The lowest BCUT2D eigenvalue weighted by molar-refractivity contribution is 0.511. The van der Waals surface area contributed by atoms with Crippen molar-refractivity contribution in [2.24, 2.45) is 5.92 Å². The molecule has 2 radical (unpaired) electrons. The molecule has 0 aliphatic carbocycles. The second-order valence-corrected chi connectivity index (χ2v) is 4.45. The van der Waals surface area contributed by atoms with Crippen LogP contribution in [0, 0.1) is 5.92 Å². The maximum atomic E-state index is 5.42. The third-order valence-corrected chi connectivity index (χ3v) is 2.49. The zero-order valence-electron chi connectivity index (χ0n) is 9.52. The predicted molar refractivity (Wildman–Crippen MR) is 62.3 cm³/mol. The Balaban J connectivity index is 2.84. The summed E-state index contributed by atoms with van der Waals surface area (Å²) in [7, 11) is 5.42. The van der Waals surface area contributed by atoms with Crippen LogP contribution in [0.2, 0.25) is 6.32 Å². The van der Waals surface area contributed by atoms with E-state index in [0.29, 0.717) is 0 Å². The first kappa shape index (κ1) is 13.1. The van der Waals surface area contributed by atoms with Gasteiger partial charge < -0.3 is 0 Å². The number of rotatable bonds is 9. The number of unbranched alkanes of at least 4 members (excludes halogenated alkanes) is 6. The predicted octanol–water partition coefficient (Wildman–Crippen LogP) is 4.35. The molecule has 0 aliphatic heterocycles. The average molecular weight is 180 g/mol. The molecule has 0 fully saturated rings. The molecule has 0 aromatic carbocycles. The van der Waals surface area contributed by atoms with E-state index in [0.717, 1.165) is 12.2 Å². The van der Waals surface area contributed by atoms with Crippen LogP contribution in [0.1, 0.15) is 65.2 Å². The normalized spacial score (nSPS) is 11.0. The largest absolute Gasteiger partial charge is 0.0887 e. The van der Waals surface area contributed by atoms with Gasteiger partial charge in [-0.15, -0.1) is 0 Å². The number of hydrogen-bond acceptors (Lipinski definition) is 0. The smallest absolute Gasteiger partial charge is 0.0653 e. The summed E-state index contributed by atoms with van der Waals surface area (Å²) in [6.45, 7) is 4.61. The lowest BCUT2D eigenvalue weighted by Gasteiger charge is -2.03. The van der Waals surface area contributed by atoms with E-state index in [4.69, 9.17) is 7.85 Å². The summed E-state index contributed by atoms with van der Waals surface area (Å²) < 4.78 is 0. The first-order valence-corrected chi connectivity index (χ1v) is 5.97. The maximum absolute atomic E-state index is 5.42. The van der Waals surface area contributed by atoms with Gasteiger partial charge in [-0.3, -0.25) is 0 Å². The second-order valence-electron chi connectivity index (χ2n) is 4.45. The van der Waals surface area contributed by atoms with Gasteiger partial charge in [0.1, 0.15) is 0 Å². The molecule has 0 saturated heterocycles. The van der Waals surface area contributed by atoms with Crippen molar-refractivity contribution < 1.29 is 0 Å². The highest BCUT2D eigenvalue weighted by atomic mass is 14.0. The van der Waals surface area contributed by atoms with Gasteiger partial charge >= 0.3 is 0 Å². The molecule has 0 nitrogen and oxygen atoms in total. The Morgan fingerprint density at radius 2 is 1.23 bits per heavy atom. The Kier molecular flexibility index (Phi) is 10.2. The molecule has 0 amide bonds. The van der Waals surface area contributed by atoms with Crippen LogP contribution in [0.3, 0.4) is 0 Å². The standard InChI is InChI=1S/C12H25B/c1-12(2)10-8-6-4-3-5-7-9-11-13/h12H,3-11H2,1-2H3. The molecule has 0 aliphatic rings. The van der Waals surface area contributed by atoms with Crippen molar-refractivity contribution in [3.05, 3.63) is 0 Å². The van der Waals surface area contributed by atoms with E-state index < -0.39 is 0 Å². The van der Waals surface area contributed by atoms with Crippen molar-refractivity contribution in [1.82, 2.24) is 0 Å². The maximum Gasteiger partial charge on any atom is 0.0653 e. The van der Waals surface area contributed by atoms with Crippen LogP contribution in [0.25, 0.3) is 0 Å². The van der Waals surface area contributed by atoms with Crippen molar-refractivity contribution in [3.63, 3.8) is 0 Å². The fraction of sp³-hybridized carbons (Fsp3) is 1.00. The minimum atomic E-state index is 0.868. The van der Waals surface area contributed by atoms with E-state index in [-0.39, 0.29) is 0 Å². The molecule has 1 heteroatoms. The molecular formula is C12H25B. The SMILES string of the molecule is [B]CCCCCCCCCC(C)C. The van der Waals surface area contributed by atoms with Gasteiger partial charge in [0.2, 0.25) is 0 Å². The molecule has 0 aromatic rings. The van der Waals surface area contributed by atoms with Gasteiger partial charge in [0, 0.05) is 0 Å². The van der Waals surface area contributed by atoms with Crippen LogP contribution >= 0.6 is 0 Å². The van der Waals surface area contributed by atoms with Crippen LogP contribution < -0.4 is 0 Å². The van der Waals surface area contributed by atoms with E-state index >= 15 is 0 Å². The molecule has 0 heterocycles. The summed E-state index contributed by atoms with van der Waals surface area (Å²) in [6.07, 6.45) is 11.9. The van der Waals surface area contributed by atoms with E-state index in [1.165, 1.54) is 51.4 Å². The topological polar surface area (TPSA) is 0 Å². The molecular weight excluding hydrogens is 155 g/mol. The van der Waals surface area contributed by atoms with Gasteiger partial charge in [-0.25, -0.2) is 0 Å². The second kappa shape index (κ2) is 10.1. The van der Waals surface area contributed by atoms with E-state index in [9.17, 15) is 0 Å². The number of hydrogen-bond donors (Lipinski definition) is 0. The van der Waals surface area contributed by atoms with Crippen LogP contribution in [0.5, 0.6) is 0 Å². The highest BCUT2D eigenvalue weighted by Crippen LogP contribution is 2.12. The first-order valence-electron chi connectivity index (χ1n) is 5.97. The quantitative estimate of drug-likeness (QED) is 0.365. The summed E-state index contributed by atoms with van der Waals surface area (Å²) in [5.41, 5.74) is 0. The third kappa shape index (κ3) is 12.1. The van der Waals surface area contributed by atoms with Gasteiger partial charge in [0.25, 0.3) is 0 Å². The first-order chi connectivity index (χ1) is 6.27. The van der Waals surface area contributed by atoms with Gasteiger partial charge in [0.05, 0.1) is 7.85 Å². The fourth-order valence-electron chi connectivity index (χ4n) is 1.58. The van der Waals surface area contributed by atoms with Crippen LogP contribution in [0.4, 0.5) is 0 Å². The van der Waals surface area contributed by atoms with Crippen molar-refractivity contribution in [3.8, 4) is 0 Å². The monoisotopic (exact) mass is 180 g/mol. The molecule has 0 N–H and O–H groups in total.